The molecule has 10 aromatic rings. The highest BCUT2D eigenvalue weighted by Gasteiger charge is 2.15. The van der Waals surface area contributed by atoms with Gasteiger partial charge >= 0.3 is 0 Å². The van der Waals surface area contributed by atoms with Crippen LogP contribution < -0.4 is 0 Å². The molecule has 0 fully saturated rings. The molecule has 0 bridgehead atoms. The smallest absolute Gasteiger partial charge is 0.160 e. The lowest BCUT2D eigenvalue weighted by atomic mass is 9.89. The number of nitrogens with zero attached hydrogens (tertiary/aromatic N) is 2. The number of aromatic nitrogens is 2. The summed E-state index contributed by atoms with van der Waals surface area (Å²) in [6.45, 7) is 0. The first-order chi connectivity index (χ1) is 25.2. The van der Waals surface area contributed by atoms with Crippen LogP contribution in [0.4, 0.5) is 0 Å². The van der Waals surface area contributed by atoms with Gasteiger partial charge in [-0.05, 0) is 84.7 Å². The van der Waals surface area contributed by atoms with Crippen LogP contribution in [0.1, 0.15) is 0 Å². The predicted octanol–water partition coefficient (Wildman–Crippen LogP) is 13.5. The highest BCUT2D eigenvalue weighted by molar-refractivity contribution is 7.22. The number of thiophene rings is 1. The highest BCUT2D eigenvalue weighted by Crippen LogP contribution is 2.40. The summed E-state index contributed by atoms with van der Waals surface area (Å²) in [6, 6.07) is 65.1. The van der Waals surface area contributed by atoms with Gasteiger partial charge in [-0.15, -0.1) is 11.3 Å². The van der Waals surface area contributed by atoms with E-state index in [4.69, 9.17) is 9.97 Å². The number of rotatable bonds is 5. The summed E-state index contributed by atoms with van der Waals surface area (Å²) in [6.07, 6.45) is 0. The monoisotopic (exact) mass is 666 g/mol. The van der Waals surface area contributed by atoms with Gasteiger partial charge in [-0.25, -0.2) is 9.97 Å². The molecule has 51 heavy (non-hydrogen) atoms. The minimum atomic E-state index is 0.714. The van der Waals surface area contributed by atoms with Gasteiger partial charge in [0, 0.05) is 26.3 Å². The van der Waals surface area contributed by atoms with Gasteiger partial charge in [0.1, 0.15) is 0 Å². The van der Waals surface area contributed by atoms with Crippen molar-refractivity contribution in [2.45, 2.75) is 0 Å². The first-order valence-electron chi connectivity index (χ1n) is 17.2. The van der Waals surface area contributed by atoms with Crippen LogP contribution >= 0.6 is 11.3 Å². The van der Waals surface area contributed by atoms with Crippen molar-refractivity contribution < 1.29 is 0 Å². The summed E-state index contributed by atoms with van der Waals surface area (Å²) in [7, 11) is 0. The van der Waals surface area contributed by atoms with E-state index in [1.165, 1.54) is 64.0 Å². The van der Waals surface area contributed by atoms with Crippen molar-refractivity contribution >= 4 is 53.7 Å². The zero-order chi connectivity index (χ0) is 33.7. The molecule has 0 saturated heterocycles. The number of benzene rings is 8. The average Bonchev–Trinajstić information content (AvgIpc) is 3.65. The zero-order valence-corrected chi connectivity index (χ0v) is 28.4. The van der Waals surface area contributed by atoms with Crippen LogP contribution in [-0.2, 0) is 0 Å². The molecular formula is C48H30N2S. The van der Waals surface area contributed by atoms with Crippen molar-refractivity contribution in [2.75, 3.05) is 0 Å². The zero-order valence-electron chi connectivity index (χ0n) is 27.6. The summed E-state index contributed by atoms with van der Waals surface area (Å²) < 4.78 is 1.29. The van der Waals surface area contributed by atoms with Crippen LogP contribution in [0.5, 0.6) is 0 Å². The van der Waals surface area contributed by atoms with Gasteiger partial charge in [-0.3, -0.25) is 0 Å². The van der Waals surface area contributed by atoms with Crippen molar-refractivity contribution in [1.29, 1.82) is 0 Å². The second-order valence-corrected chi connectivity index (χ2v) is 14.1. The van der Waals surface area contributed by atoms with Crippen LogP contribution in [0.3, 0.4) is 0 Å². The van der Waals surface area contributed by atoms with E-state index in [0.717, 1.165) is 28.1 Å². The fourth-order valence-corrected chi connectivity index (χ4v) is 8.41. The van der Waals surface area contributed by atoms with E-state index in [0.29, 0.717) is 5.82 Å². The molecule has 0 spiro atoms. The third-order valence-corrected chi connectivity index (χ3v) is 11.0. The summed E-state index contributed by atoms with van der Waals surface area (Å²) in [5.74, 6) is 0.714. The summed E-state index contributed by atoms with van der Waals surface area (Å²) >= 11 is 1.82. The van der Waals surface area contributed by atoms with Crippen LogP contribution in [0, 0.1) is 0 Å². The van der Waals surface area contributed by atoms with Crippen molar-refractivity contribution in [3.63, 3.8) is 0 Å². The second-order valence-electron chi connectivity index (χ2n) is 13.0. The van der Waals surface area contributed by atoms with E-state index in [1.807, 2.05) is 29.5 Å². The largest absolute Gasteiger partial charge is 0.228 e. The normalized spacial score (nSPS) is 11.5. The van der Waals surface area contributed by atoms with E-state index >= 15 is 0 Å². The van der Waals surface area contributed by atoms with Gasteiger partial charge in [0.2, 0.25) is 0 Å². The fraction of sp³-hybridized carbons (Fsp3) is 0. The molecular weight excluding hydrogens is 637 g/mol. The second kappa shape index (κ2) is 12.2. The molecule has 2 aromatic heterocycles. The molecule has 0 amide bonds. The molecule has 3 heteroatoms. The van der Waals surface area contributed by atoms with Gasteiger partial charge in [0.15, 0.2) is 5.82 Å². The standard InChI is InChI=1S/C48H30N2S/c1-2-12-34(13-3-1)48-49-43(30-44(50-48)36-16-10-17-37(27-36)46-29-38-15-6-9-20-45(38)51-46)32-21-23-33(24-22-32)47-40-19-8-5-14-35(40)28-42-39-18-7-4-11-31(39)25-26-41(42)47/h1-30H. The molecule has 0 saturated carbocycles. The first kappa shape index (κ1) is 29.5. The van der Waals surface area contributed by atoms with Gasteiger partial charge in [-0.1, -0.05) is 152 Å². The Morgan fingerprint density at radius 3 is 1.80 bits per heavy atom. The Morgan fingerprint density at radius 1 is 0.333 bits per heavy atom. The fourth-order valence-electron chi connectivity index (χ4n) is 7.35. The molecule has 2 heterocycles. The Balaban J connectivity index is 1.10. The van der Waals surface area contributed by atoms with Gasteiger partial charge in [0.25, 0.3) is 0 Å². The Hall–Kier alpha value is -6.42. The predicted molar refractivity (Wildman–Crippen MR) is 217 cm³/mol. The maximum atomic E-state index is 5.14. The Morgan fingerprint density at radius 2 is 0.980 bits per heavy atom. The quantitative estimate of drug-likeness (QED) is 0.135. The van der Waals surface area contributed by atoms with E-state index in [1.54, 1.807) is 0 Å². The van der Waals surface area contributed by atoms with Crippen molar-refractivity contribution in [3.05, 3.63) is 182 Å². The summed E-state index contributed by atoms with van der Waals surface area (Å²) in [5.41, 5.74) is 8.54. The Bertz CT molecular complexity index is 2870. The molecule has 238 valence electrons. The minimum Gasteiger partial charge on any atom is -0.228 e. The molecule has 0 N–H and O–H groups in total. The third-order valence-electron chi connectivity index (χ3n) is 9.87. The molecule has 2 nitrogen and oxygen atoms in total. The van der Waals surface area contributed by atoms with Crippen LogP contribution in [0.15, 0.2) is 182 Å². The molecule has 10 rings (SSSR count). The molecule has 0 atom stereocenters. The first-order valence-corrected chi connectivity index (χ1v) is 18.0. The molecule has 0 radical (unpaired) electrons. The van der Waals surface area contributed by atoms with E-state index in [2.05, 4.69) is 164 Å². The van der Waals surface area contributed by atoms with Gasteiger partial charge in [0.05, 0.1) is 11.4 Å². The summed E-state index contributed by atoms with van der Waals surface area (Å²) in [5, 5.41) is 8.83. The molecule has 0 unspecified atom stereocenters. The average molecular weight is 667 g/mol. The highest BCUT2D eigenvalue weighted by atomic mass is 32.1. The molecule has 8 aromatic carbocycles. The maximum Gasteiger partial charge on any atom is 0.160 e. The molecule has 0 aliphatic rings. The topological polar surface area (TPSA) is 25.8 Å². The lowest BCUT2D eigenvalue weighted by molar-refractivity contribution is 1.18. The van der Waals surface area contributed by atoms with Gasteiger partial charge in [-0.2, -0.15) is 0 Å². The molecule has 0 aliphatic carbocycles. The van der Waals surface area contributed by atoms with Crippen molar-refractivity contribution in [1.82, 2.24) is 9.97 Å². The lowest BCUT2D eigenvalue weighted by Crippen LogP contribution is -1.96. The summed E-state index contributed by atoms with van der Waals surface area (Å²) in [4.78, 5) is 11.5. The van der Waals surface area contributed by atoms with Crippen LogP contribution in [0.25, 0.3) is 97.9 Å². The van der Waals surface area contributed by atoms with Crippen LogP contribution in [0.2, 0.25) is 0 Å². The van der Waals surface area contributed by atoms with Crippen molar-refractivity contribution in [3.8, 4) is 55.5 Å². The minimum absolute atomic E-state index is 0.714. The van der Waals surface area contributed by atoms with E-state index < -0.39 is 0 Å². The van der Waals surface area contributed by atoms with E-state index in [9.17, 15) is 0 Å². The SMILES string of the molecule is c1ccc(-c2nc(-c3ccc(-c4c5ccccc5cc5c4ccc4ccccc45)cc3)cc(-c3cccc(-c4cc5ccccc5s4)c3)n2)cc1. The Labute approximate surface area is 300 Å². The lowest BCUT2D eigenvalue weighted by Gasteiger charge is -2.15. The number of fused-ring (bicyclic) bond motifs is 5. The van der Waals surface area contributed by atoms with Crippen LogP contribution in [-0.4, -0.2) is 9.97 Å². The number of hydrogen-bond donors (Lipinski definition) is 0. The molecule has 0 aliphatic heterocycles. The van der Waals surface area contributed by atoms with Crippen molar-refractivity contribution in [2.24, 2.45) is 0 Å². The third kappa shape index (κ3) is 5.27. The maximum absolute atomic E-state index is 5.14. The van der Waals surface area contributed by atoms with E-state index in [-0.39, 0.29) is 0 Å². The Kier molecular flexibility index (Phi) is 7.04. The number of hydrogen-bond acceptors (Lipinski definition) is 3. The van der Waals surface area contributed by atoms with Gasteiger partial charge < -0.3 is 0 Å².